The van der Waals surface area contributed by atoms with Crippen LogP contribution in [0.5, 0.6) is 0 Å². The molecule has 0 radical (unpaired) electrons. The summed E-state index contributed by atoms with van der Waals surface area (Å²) in [5.74, 6) is 0.671. The Kier molecular flexibility index (Phi) is 1.64. The van der Waals surface area contributed by atoms with E-state index in [4.69, 9.17) is 14.2 Å². The van der Waals surface area contributed by atoms with Gasteiger partial charge in [0.15, 0.2) is 0 Å². The summed E-state index contributed by atoms with van der Waals surface area (Å²) in [5, 5.41) is 0. The van der Waals surface area contributed by atoms with Crippen molar-refractivity contribution in [3.63, 3.8) is 0 Å². The highest BCUT2D eigenvalue weighted by Gasteiger charge is 2.76. The van der Waals surface area contributed by atoms with Crippen molar-refractivity contribution in [2.24, 2.45) is 5.92 Å². The fourth-order valence-electron chi connectivity index (χ4n) is 3.69. The smallest absolute Gasteiger partial charge is 0.116 e. The second-order valence-corrected chi connectivity index (χ2v) is 5.06. The summed E-state index contributed by atoms with van der Waals surface area (Å²) in [4.78, 5) is 0. The number of methoxy groups -OCH3 is 2. The van der Waals surface area contributed by atoms with E-state index in [-0.39, 0.29) is 17.3 Å². The van der Waals surface area contributed by atoms with E-state index in [0.29, 0.717) is 12.0 Å². The quantitative estimate of drug-likeness (QED) is 0.670. The van der Waals surface area contributed by atoms with Crippen molar-refractivity contribution in [1.82, 2.24) is 0 Å². The molecule has 2 aliphatic carbocycles. The Bertz CT molecular complexity index is 263. The Morgan fingerprint density at radius 3 is 2.57 bits per heavy atom. The van der Waals surface area contributed by atoms with Crippen LogP contribution >= 0.6 is 0 Å². The molecule has 0 aromatic rings. The second-order valence-electron chi connectivity index (χ2n) is 5.06. The average molecular weight is 198 g/mol. The minimum absolute atomic E-state index is 0.000764. The molecule has 0 amide bonds. The molecule has 3 aliphatic rings. The van der Waals surface area contributed by atoms with Crippen LogP contribution in [0.1, 0.15) is 26.2 Å². The van der Waals surface area contributed by atoms with Gasteiger partial charge in [0, 0.05) is 20.6 Å². The van der Waals surface area contributed by atoms with Gasteiger partial charge < -0.3 is 14.2 Å². The maximum Gasteiger partial charge on any atom is 0.116 e. The summed E-state index contributed by atoms with van der Waals surface area (Å²) in [5.41, 5.74) is -0.0425. The molecule has 1 aliphatic heterocycles. The van der Waals surface area contributed by atoms with E-state index in [1.54, 1.807) is 7.11 Å². The van der Waals surface area contributed by atoms with Gasteiger partial charge in [0.25, 0.3) is 0 Å². The van der Waals surface area contributed by atoms with Crippen molar-refractivity contribution in [1.29, 1.82) is 0 Å². The maximum atomic E-state index is 5.98. The Morgan fingerprint density at radius 2 is 1.93 bits per heavy atom. The third-order valence-electron chi connectivity index (χ3n) is 4.40. The van der Waals surface area contributed by atoms with Gasteiger partial charge in [-0.05, 0) is 25.7 Å². The first-order valence-corrected chi connectivity index (χ1v) is 5.42. The highest BCUT2D eigenvalue weighted by Crippen LogP contribution is 2.66. The van der Waals surface area contributed by atoms with Crippen molar-refractivity contribution in [3.8, 4) is 0 Å². The van der Waals surface area contributed by atoms with E-state index in [2.05, 4.69) is 6.92 Å². The summed E-state index contributed by atoms with van der Waals surface area (Å²) < 4.78 is 17.4. The van der Waals surface area contributed by atoms with Crippen LogP contribution in [0.4, 0.5) is 0 Å². The van der Waals surface area contributed by atoms with E-state index in [0.717, 1.165) is 19.3 Å². The van der Waals surface area contributed by atoms with E-state index < -0.39 is 0 Å². The Labute approximate surface area is 84.7 Å². The zero-order valence-electron chi connectivity index (χ0n) is 9.08. The minimum atomic E-state index is -0.0433. The zero-order chi connectivity index (χ0) is 9.97. The topological polar surface area (TPSA) is 27.7 Å². The van der Waals surface area contributed by atoms with Gasteiger partial charge in [-0.1, -0.05) is 0 Å². The van der Waals surface area contributed by atoms with Crippen LogP contribution in [0.25, 0.3) is 0 Å². The summed E-state index contributed by atoms with van der Waals surface area (Å²) >= 11 is 0. The lowest BCUT2D eigenvalue weighted by molar-refractivity contribution is -0.119. The first-order valence-electron chi connectivity index (χ1n) is 5.42. The molecule has 1 saturated heterocycles. The molecule has 0 spiro atoms. The Balaban J connectivity index is 1.93. The summed E-state index contributed by atoms with van der Waals surface area (Å²) in [6.07, 6.45) is 3.78. The molecule has 0 aromatic carbocycles. The summed E-state index contributed by atoms with van der Waals surface area (Å²) in [7, 11) is 3.61. The minimum Gasteiger partial charge on any atom is -0.375 e. The van der Waals surface area contributed by atoms with Crippen molar-refractivity contribution in [2.75, 3.05) is 14.2 Å². The molecule has 0 aromatic heterocycles. The van der Waals surface area contributed by atoms with Crippen LogP contribution in [-0.2, 0) is 14.2 Å². The third kappa shape index (κ3) is 0.841. The molecule has 14 heavy (non-hydrogen) atoms. The molecule has 3 rings (SSSR count). The predicted molar refractivity (Wildman–Crippen MR) is 51.2 cm³/mol. The molecule has 0 unspecified atom stereocenters. The molecule has 3 fully saturated rings. The lowest BCUT2D eigenvalue weighted by Gasteiger charge is -2.31. The van der Waals surface area contributed by atoms with Gasteiger partial charge in [0.1, 0.15) is 11.7 Å². The normalized spacial score (nSPS) is 59.8. The van der Waals surface area contributed by atoms with Crippen LogP contribution in [0.15, 0.2) is 0 Å². The standard InChI is InChI=1S/C11H18O3/c1-7-4-10(12-2)5-8-6-11(8,13-3)9(10)14-7/h7-9H,4-6H2,1-3H3/t7-,8+,9-,10+,11+/m0/s1. The molecule has 1 heterocycles. The molecule has 3 nitrogen and oxygen atoms in total. The second kappa shape index (κ2) is 2.52. The van der Waals surface area contributed by atoms with Crippen LogP contribution in [-0.4, -0.2) is 37.6 Å². The first-order chi connectivity index (χ1) is 6.67. The summed E-state index contributed by atoms with van der Waals surface area (Å²) in [6, 6.07) is 0. The lowest BCUT2D eigenvalue weighted by atomic mass is 9.91. The predicted octanol–water partition coefficient (Wildman–Crippen LogP) is 1.36. The van der Waals surface area contributed by atoms with Crippen LogP contribution < -0.4 is 0 Å². The van der Waals surface area contributed by atoms with Crippen LogP contribution in [0.3, 0.4) is 0 Å². The molecule has 0 bridgehead atoms. The molecular formula is C11H18O3. The Morgan fingerprint density at radius 1 is 1.14 bits per heavy atom. The molecule has 0 N–H and O–H groups in total. The number of hydrogen-bond donors (Lipinski definition) is 0. The number of fused-ring (bicyclic) bond motifs is 3. The van der Waals surface area contributed by atoms with E-state index in [9.17, 15) is 0 Å². The lowest BCUT2D eigenvalue weighted by Crippen LogP contribution is -2.44. The van der Waals surface area contributed by atoms with Gasteiger partial charge >= 0.3 is 0 Å². The highest BCUT2D eigenvalue weighted by atomic mass is 16.6. The van der Waals surface area contributed by atoms with Crippen LogP contribution in [0, 0.1) is 5.92 Å². The molecule has 80 valence electrons. The van der Waals surface area contributed by atoms with Crippen molar-refractivity contribution >= 4 is 0 Å². The van der Waals surface area contributed by atoms with Gasteiger partial charge in [-0.15, -0.1) is 0 Å². The van der Waals surface area contributed by atoms with Crippen LogP contribution in [0.2, 0.25) is 0 Å². The van der Waals surface area contributed by atoms with E-state index in [1.807, 2.05) is 7.11 Å². The monoisotopic (exact) mass is 198 g/mol. The van der Waals surface area contributed by atoms with Gasteiger partial charge in [0.05, 0.1) is 11.7 Å². The van der Waals surface area contributed by atoms with Gasteiger partial charge in [-0.2, -0.15) is 0 Å². The summed E-state index contributed by atoms with van der Waals surface area (Å²) in [6.45, 7) is 2.12. The fraction of sp³-hybridized carbons (Fsp3) is 1.00. The molecule has 2 saturated carbocycles. The van der Waals surface area contributed by atoms with E-state index in [1.165, 1.54) is 0 Å². The SMILES string of the molecule is CO[C@]12C[C@@H]3C[C@]3(OC)[C@H]1O[C@@H](C)C2. The highest BCUT2D eigenvalue weighted by molar-refractivity contribution is 5.26. The number of ether oxygens (including phenoxy) is 3. The Hall–Kier alpha value is -0.120. The third-order valence-corrected chi connectivity index (χ3v) is 4.40. The maximum absolute atomic E-state index is 5.98. The number of rotatable bonds is 2. The van der Waals surface area contributed by atoms with Gasteiger partial charge in [-0.25, -0.2) is 0 Å². The van der Waals surface area contributed by atoms with Gasteiger partial charge in [0.2, 0.25) is 0 Å². The average Bonchev–Trinajstić information content (AvgIpc) is 2.66. The molecular weight excluding hydrogens is 180 g/mol. The number of hydrogen-bond acceptors (Lipinski definition) is 3. The van der Waals surface area contributed by atoms with Crippen molar-refractivity contribution < 1.29 is 14.2 Å². The van der Waals surface area contributed by atoms with Crippen molar-refractivity contribution in [2.45, 2.75) is 49.6 Å². The molecule has 3 heteroatoms. The van der Waals surface area contributed by atoms with E-state index >= 15 is 0 Å². The zero-order valence-corrected chi connectivity index (χ0v) is 9.08. The van der Waals surface area contributed by atoms with Crippen molar-refractivity contribution in [3.05, 3.63) is 0 Å². The molecule has 5 atom stereocenters. The fourth-order valence-corrected chi connectivity index (χ4v) is 3.69. The van der Waals surface area contributed by atoms with Gasteiger partial charge in [-0.3, -0.25) is 0 Å². The first kappa shape index (κ1) is 9.13. The largest absolute Gasteiger partial charge is 0.375 e.